The van der Waals surface area contributed by atoms with Crippen LogP contribution in [-0.4, -0.2) is 36.4 Å². The normalized spacial score (nSPS) is 17.4. The Morgan fingerprint density at radius 1 is 1.26 bits per heavy atom. The predicted octanol–water partition coefficient (Wildman–Crippen LogP) is 3.18. The third-order valence-corrected chi connectivity index (χ3v) is 3.89. The molecule has 1 saturated heterocycles. The van der Waals surface area contributed by atoms with Gasteiger partial charge in [-0.3, -0.25) is 9.69 Å². The Bertz CT molecular complexity index is 407. The summed E-state index contributed by atoms with van der Waals surface area (Å²) in [7, 11) is 0. The van der Waals surface area contributed by atoms with Crippen molar-refractivity contribution in [3.05, 3.63) is 29.8 Å². The van der Waals surface area contributed by atoms with Crippen molar-refractivity contribution in [2.24, 2.45) is 0 Å². The molecular weight excluding hydrogens is 236 g/mol. The molecule has 0 saturated carbocycles. The average molecular weight is 260 g/mol. The molecule has 1 atom stereocenters. The summed E-state index contributed by atoms with van der Waals surface area (Å²) in [5.41, 5.74) is 1.90. The van der Waals surface area contributed by atoms with Crippen LogP contribution in [0.4, 0.5) is 5.69 Å². The zero-order chi connectivity index (χ0) is 13.7. The Balaban J connectivity index is 1.84. The Labute approximate surface area is 116 Å². The van der Waals surface area contributed by atoms with E-state index in [0.717, 1.165) is 17.8 Å². The minimum absolute atomic E-state index is 0.206. The largest absolute Gasteiger partial charge is 0.383 e. The first-order chi connectivity index (χ1) is 9.20. The van der Waals surface area contributed by atoms with E-state index < -0.39 is 0 Å². The molecule has 104 valence electrons. The van der Waals surface area contributed by atoms with E-state index in [1.54, 1.807) is 0 Å². The van der Waals surface area contributed by atoms with Gasteiger partial charge in [-0.05, 0) is 57.1 Å². The van der Waals surface area contributed by atoms with Gasteiger partial charge in [-0.2, -0.15) is 0 Å². The van der Waals surface area contributed by atoms with Crippen molar-refractivity contribution in [1.82, 2.24) is 4.90 Å². The first kappa shape index (κ1) is 14.1. The van der Waals surface area contributed by atoms with Crippen molar-refractivity contribution < 1.29 is 4.79 Å². The number of anilines is 1. The number of hydrogen-bond donors (Lipinski definition) is 1. The summed E-state index contributed by atoms with van der Waals surface area (Å²) in [4.78, 5) is 14.1. The van der Waals surface area contributed by atoms with Crippen molar-refractivity contribution in [1.29, 1.82) is 0 Å². The van der Waals surface area contributed by atoms with Crippen LogP contribution >= 0.6 is 0 Å². The smallest absolute Gasteiger partial charge is 0.162 e. The first-order valence-electron chi connectivity index (χ1n) is 7.32. The standard InChI is InChI=1S/C16H24N2O/c1-3-16(19)14-6-8-15(9-7-14)17-12-13(2)18-10-4-5-11-18/h6-9,13,17H,3-5,10-12H2,1-2H3. The lowest BCUT2D eigenvalue weighted by atomic mass is 10.1. The van der Waals surface area contributed by atoms with E-state index in [9.17, 15) is 4.79 Å². The number of likely N-dealkylation sites (tertiary alicyclic amines) is 1. The van der Waals surface area contributed by atoms with E-state index in [2.05, 4.69) is 17.1 Å². The Kier molecular flexibility index (Phi) is 4.97. The molecule has 2 rings (SSSR count). The van der Waals surface area contributed by atoms with Gasteiger partial charge in [-0.1, -0.05) is 6.92 Å². The van der Waals surface area contributed by atoms with E-state index in [0.29, 0.717) is 12.5 Å². The summed E-state index contributed by atoms with van der Waals surface area (Å²) in [5, 5.41) is 3.45. The number of nitrogens with zero attached hydrogens (tertiary/aromatic N) is 1. The van der Waals surface area contributed by atoms with Gasteiger partial charge in [0.1, 0.15) is 0 Å². The molecule has 0 bridgehead atoms. The summed E-state index contributed by atoms with van der Waals surface area (Å²) >= 11 is 0. The molecule has 1 aromatic rings. The number of carbonyl (C=O) groups excluding carboxylic acids is 1. The summed E-state index contributed by atoms with van der Waals surface area (Å²) < 4.78 is 0. The van der Waals surface area contributed by atoms with E-state index in [1.165, 1.54) is 25.9 Å². The molecule has 0 spiro atoms. The van der Waals surface area contributed by atoms with Crippen LogP contribution in [0, 0.1) is 0 Å². The molecule has 1 fully saturated rings. The van der Waals surface area contributed by atoms with Gasteiger partial charge in [0.05, 0.1) is 0 Å². The molecule has 1 N–H and O–H groups in total. The van der Waals surface area contributed by atoms with Crippen molar-refractivity contribution in [2.45, 2.75) is 39.2 Å². The topological polar surface area (TPSA) is 32.3 Å². The molecule has 0 radical (unpaired) electrons. The second kappa shape index (κ2) is 6.71. The van der Waals surface area contributed by atoms with Crippen LogP contribution in [0.3, 0.4) is 0 Å². The average Bonchev–Trinajstić information content (AvgIpc) is 2.98. The molecule has 0 aliphatic carbocycles. The highest BCUT2D eigenvalue weighted by atomic mass is 16.1. The first-order valence-corrected chi connectivity index (χ1v) is 7.32. The number of hydrogen-bond acceptors (Lipinski definition) is 3. The number of Topliss-reactive ketones (excluding diaryl/α,β-unsaturated/α-hetero) is 1. The Morgan fingerprint density at radius 3 is 2.47 bits per heavy atom. The van der Waals surface area contributed by atoms with Gasteiger partial charge in [-0.25, -0.2) is 0 Å². The van der Waals surface area contributed by atoms with Crippen molar-refractivity contribution in [3.8, 4) is 0 Å². The van der Waals surface area contributed by atoms with Crippen LogP contribution in [0.5, 0.6) is 0 Å². The molecule has 1 unspecified atom stereocenters. The summed E-state index contributed by atoms with van der Waals surface area (Å²) in [5.74, 6) is 0.206. The molecule has 0 aromatic heterocycles. The van der Waals surface area contributed by atoms with Gasteiger partial charge in [-0.15, -0.1) is 0 Å². The maximum absolute atomic E-state index is 11.5. The number of nitrogens with one attached hydrogen (secondary N) is 1. The third-order valence-electron chi connectivity index (χ3n) is 3.89. The molecule has 1 aliphatic heterocycles. The van der Waals surface area contributed by atoms with Gasteiger partial charge in [0.25, 0.3) is 0 Å². The quantitative estimate of drug-likeness (QED) is 0.797. The monoisotopic (exact) mass is 260 g/mol. The van der Waals surface area contributed by atoms with Crippen LogP contribution in [0.15, 0.2) is 24.3 Å². The highest BCUT2D eigenvalue weighted by Gasteiger charge is 2.17. The lowest BCUT2D eigenvalue weighted by Gasteiger charge is -2.24. The van der Waals surface area contributed by atoms with E-state index in [1.807, 2.05) is 31.2 Å². The van der Waals surface area contributed by atoms with Crippen LogP contribution in [0.1, 0.15) is 43.5 Å². The lowest BCUT2D eigenvalue weighted by molar-refractivity contribution is 0.0988. The Hall–Kier alpha value is -1.35. The van der Waals surface area contributed by atoms with Gasteiger partial charge < -0.3 is 5.32 Å². The number of ketones is 1. The molecule has 3 heteroatoms. The Morgan fingerprint density at radius 2 is 1.89 bits per heavy atom. The van der Waals surface area contributed by atoms with Crippen molar-refractivity contribution >= 4 is 11.5 Å². The zero-order valence-electron chi connectivity index (χ0n) is 12.0. The van der Waals surface area contributed by atoms with Gasteiger partial charge >= 0.3 is 0 Å². The minimum atomic E-state index is 0.206. The fourth-order valence-corrected chi connectivity index (χ4v) is 2.56. The minimum Gasteiger partial charge on any atom is -0.383 e. The molecule has 3 nitrogen and oxygen atoms in total. The van der Waals surface area contributed by atoms with Crippen LogP contribution in [0.25, 0.3) is 0 Å². The molecule has 0 amide bonds. The lowest BCUT2D eigenvalue weighted by Crippen LogP contribution is -2.35. The number of rotatable bonds is 6. The molecular formula is C16H24N2O. The van der Waals surface area contributed by atoms with Gasteiger partial charge in [0.15, 0.2) is 5.78 Å². The fourth-order valence-electron chi connectivity index (χ4n) is 2.56. The van der Waals surface area contributed by atoms with Crippen LogP contribution < -0.4 is 5.32 Å². The predicted molar refractivity (Wildman–Crippen MR) is 79.8 cm³/mol. The number of carbonyl (C=O) groups is 1. The fraction of sp³-hybridized carbons (Fsp3) is 0.562. The summed E-state index contributed by atoms with van der Waals surface area (Å²) in [6, 6.07) is 8.39. The second-order valence-corrected chi connectivity index (χ2v) is 5.33. The molecule has 1 aromatic carbocycles. The maximum Gasteiger partial charge on any atom is 0.162 e. The van der Waals surface area contributed by atoms with E-state index in [-0.39, 0.29) is 5.78 Å². The number of benzene rings is 1. The summed E-state index contributed by atoms with van der Waals surface area (Å²) in [6.45, 7) is 7.58. The highest BCUT2D eigenvalue weighted by molar-refractivity contribution is 5.96. The van der Waals surface area contributed by atoms with Gasteiger partial charge in [0.2, 0.25) is 0 Å². The zero-order valence-corrected chi connectivity index (χ0v) is 12.0. The van der Waals surface area contributed by atoms with Gasteiger partial charge in [0, 0.05) is 30.3 Å². The molecule has 1 aliphatic rings. The van der Waals surface area contributed by atoms with E-state index >= 15 is 0 Å². The molecule has 19 heavy (non-hydrogen) atoms. The van der Waals surface area contributed by atoms with Crippen LogP contribution in [0.2, 0.25) is 0 Å². The summed E-state index contributed by atoms with van der Waals surface area (Å²) in [6.07, 6.45) is 3.23. The third kappa shape index (κ3) is 3.80. The SMILES string of the molecule is CCC(=O)c1ccc(NCC(C)N2CCCC2)cc1. The second-order valence-electron chi connectivity index (χ2n) is 5.33. The van der Waals surface area contributed by atoms with Crippen molar-refractivity contribution in [2.75, 3.05) is 25.0 Å². The highest BCUT2D eigenvalue weighted by Crippen LogP contribution is 2.14. The van der Waals surface area contributed by atoms with Crippen molar-refractivity contribution in [3.63, 3.8) is 0 Å². The molecule has 1 heterocycles. The van der Waals surface area contributed by atoms with E-state index in [4.69, 9.17) is 0 Å². The van der Waals surface area contributed by atoms with Crippen LogP contribution in [-0.2, 0) is 0 Å². The maximum atomic E-state index is 11.5.